The van der Waals surface area contributed by atoms with Gasteiger partial charge in [0.05, 0.1) is 5.69 Å². The molecule has 1 atom stereocenters. The molecule has 2 heterocycles. The average molecular weight is 350 g/mol. The second kappa shape index (κ2) is 7.09. The SMILES string of the molecule is O=C(Nc1n[nH]c2c1CN(Cc1ccccc1)C2)C(F)c1ccccc1. The number of amides is 1. The molecule has 1 aliphatic rings. The molecular weight excluding hydrogens is 331 g/mol. The summed E-state index contributed by atoms with van der Waals surface area (Å²) in [6, 6.07) is 18.6. The van der Waals surface area contributed by atoms with Gasteiger partial charge in [-0.2, -0.15) is 5.10 Å². The smallest absolute Gasteiger partial charge is 0.264 e. The summed E-state index contributed by atoms with van der Waals surface area (Å²) in [5.74, 6) is -0.286. The molecule has 0 saturated heterocycles. The number of carbonyl (C=O) groups is 1. The largest absolute Gasteiger partial charge is 0.306 e. The van der Waals surface area contributed by atoms with Crippen molar-refractivity contribution in [3.8, 4) is 0 Å². The number of H-pyrrole nitrogens is 1. The normalized spacial score (nSPS) is 14.8. The molecule has 0 saturated carbocycles. The Labute approximate surface area is 150 Å². The van der Waals surface area contributed by atoms with Gasteiger partial charge in [0.1, 0.15) is 0 Å². The number of benzene rings is 2. The van der Waals surface area contributed by atoms with Gasteiger partial charge in [-0.3, -0.25) is 14.8 Å². The van der Waals surface area contributed by atoms with E-state index in [1.54, 1.807) is 30.3 Å². The van der Waals surface area contributed by atoms with Crippen LogP contribution < -0.4 is 5.32 Å². The number of halogens is 1. The summed E-state index contributed by atoms with van der Waals surface area (Å²) >= 11 is 0. The maximum absolute atomic E-state index is 14.4. The van der Waals surface area contributed by atoms with Gasteiger partial charge in [0.2, 0.25) is 6.17 Å². The zero-order valence-corrected chi connectivity index (χ0v) is 14.2. The van der Waals surface area contributed by atoms with Gasteiger partial charge in [-0.1, -0.05) is 60.7 Å². The number of rotatable bonds is 5. The van der Waals surface area contributed by atoms with E-state index in [0.29, 0.717) is 17.9 Å². The fourth-order valence-corrected chi connectivity index (χ4v) is 3.22. The Hall–Kier alpha value is -2.99. The molecule has 3 aromatic rings. The lowest BCUT2D eigenvalue weighted by atomic mass is 10.1. The third kappa shape index (κ3) is 3.36. The van der Waals surface area contributed by atoms with Crippen molar-refractivity contribution < 1.29 is 9.18 Å². The van der Waals surface area contributed by atoms with Gasteiger partial charge in [0.15, 0.2) is 5.82 Å². The number of aromatic nitrogens is 2. The number of hydrogen-bond acceptors (Lipinski definition) is 3. The molecule has 1 aliphatic heterocycles. The Kier molecular flexibility index (Phi) is 4.50. The van der Waals surface area contributed by atoms with Crippen molar-refractivity contribution in [1.29, 1.82) is 0 Å². The average Bonchev–Trinajstić information content (AvgIpc) is 3.24. The quantitative estimate of drug-likeness (QED) is 0.739. The van der Waals surface area contributed by atoms with Crippen LogP contribution in [0.5, 0.6) is 0 Å². The van der Waals surface area contributed by atoms with E-state index in [2.05, 4.69) is 32.5 Å². The van der Waals surface area contributed by atoms with Crippen LogP contribution in [0.15, 0.2) is 60.7 Å². The molecule has 0 spiro atoms. The first-order valence-electron chi connectivity index (χ1n) is 8.53. The molecule has 1 amide bonds. The maximum Gasteiger partial charge on any atom is 0.264 e. The third-order valence-electron chi connectivity index (χ3n) is 4.53. The molecular formula is C20H19FN4O. The van der Waals surface area contributed by atoms with E-state index in [4.69, 9.17) is 0 Å². The Balaban J connectivity index is 1.43. The standard InChI is InChI=1S/C20H19FN4O/c21-18(15-9-5-2-6-10-15)20(26)22-19-16-12-25(13-17(16)23-24-19)11-14-7-3-1-4-8-14/h1-10,18H,11-13H2,(H2,22,23,24,26). The number of anilines is 1. The number of carbonyl (C=O) groups excluding carboxylic acids is 1. The number of nitrogens with one attached hydrogen (secondary N) is 2. The fraction of sp³-hybridized carbons (Fsp3) is 0.200. The topological polar surface area (TPSA) is 61.0 Å². The monoisotopic (exact) mass is 350 g/mol. The summed E-state index contributed by atoms with van der Waals surface area (Å²) in [5.41, 5.74) is 3.45. The van der Waals surface area contributed by atoms with E-state index in [9.17, 15) is 9.18 Å². The molecule has 4 rings (SSSR count). The third-order valence-corrected chi connectivity index (χ3v) is 4.53. The minimum atomic E-state index is -1.72. The van der Waals surface area contributed by atoms with Gasteiger partial charge in [0, 0.05) is 25.2 Å². The van der Waals surface area contributed by atoms with E-state index < -0.39 is 12.1 Å². The van der Waals surface area contributed by atoms with Gasteiger partial charge in [-0.25, -0.2) is 4.39 Å². The Morgan fingerprint density at radius 3 is 2.54 bits per heavy atom. The summed E-state index contributed by atoms with van der Waals surface area (Å²) in [6.45, 7) is 2.20. The molecule has 5 nitrogen and oxygen atoms in total. The second-order valence-corrected chi connectivity index (χ2v) is 6.42. The molecule has 1 aromatic heterocycles. The minimum absolute atomic E-state index is 0.336. The van der Waals surface area contributed by atoms with Gasteiger partial charge in [-0.15, -0.1) is 0 Å². The number of nitrogens with zero attached hydrogens (tertiary/aromatic N) is 2. The molecule has 2 aromatic carbocycles. The number of aromatic amines is 1. The molecule has 6 heteroatoms. The van der Waals surface area contributed by atoms with Crippen molar-refractivity contribution in [2.45, 2.75) is 25.8 Å². The Morgan fingerprint density at radius 1 is 1.12 bits per heavy atom. The number of fused-ring (bicyclic) bond motifs is 1. The minimum Gasteiger partial charge on any atom is -0.306 e. The first-order valence-corrected chi connectivity index (χ1v) is 8.53. The highest BCUT2D eigenvalue weighted by atomic mass is 19.1. The van der Waals surface area contributed by atoms with Crippen LogP contribution >= 0.6 is 0 Å². The summed E-state index contributed by atoms with van der Waals surface area (Å²) in [7, 11) is 0. The van der Waals surface area contributed by atoms with Crippen molar-refractivity contribution >= 4 is 11.7 Å². The van der Waals surface area contributed by atoms with Crippen LogP contribution in [0.4, 0.5) is 10.2 Å². The Morgan fingerprint density at radius 2 is 1.81 bits per heavy atom. The summed E-state index contributed by atoms with van der Waals surface area (Å²) in [6.07, 6.45) is -1.72. The van der Waals surface area contributed by atoms with Crippen LogP contribution in [-0.4, -0.2) is 21.0 Å². The highest BCUT2D eigenvalue weighted by Gasteiger charge is 2.27. The molecule has 132 valence electrons. The van der Waals surface area contributed by atoms with Gasteiger partial charge >= 0.3 is 0 Å². The van der Waals surface area contributed by atoms with Crippen LogP contribution in [0.25, 0.3) is 0 Å². The van der Waals surface area contributed by atoms with Crippen LogP contribution in [0, 0.1) is 0 Å². The predicted octanol–water partition coefficient (Wildman–Crippen LogP) is 3.57. The molecule has 0 aliphatic carbocycles. The lowest BCUT2D eigenvalue weighted by molar-refractivity contribution is -0.121. The van der Waals surface area contributed by atoms with E-state index in [-0.39, 0.29) is 0 Å². The van der Waals surface area contributed by atoms with Crippen LogP contribution in [0.1, 0.15) is 28.6 Å². The fourth-order valence-electron chi connectivity index (χ4n) is 3.22. The predicted molar refractivity (Wildman–Crippen MR) is 96.9 cm³/mol. The van der Waals surface area contributed by atoms with Crippen molar-refractivity contribution in [2.24, 2.45) is 0 Å². The number of hydrogen-bond donors (Lipinski definition) is 2. The molecule has 0 fully saturated rings. The Bertz CT molecular complexity index is 895. The van der Waals surface area contributed by atoms with E-state index in [1.807, 2.05) is 18.2 Å². The van der Waals surface area contributed by atoms with Crippen molar-refractivity contribution in [3.63, 3.8) is 0 Å². The highest BCUT2D eigenvalue weighted by molar-refractivity contribution is 5.94. The van der Waals surface area contributed by atoms with Crippen molar-refractivity contribution in [3.05, 3.63) is 83.0 Å². The number of alkyl halides is 1. The molecule has 1 unspecified atom stereocenters. The molecule has 0 radical (unpaired) electrons. The van der Waals surface area contributed by atoms with Crippen molar-refractivity contribution in [1.82, 2.24) is 15.1 Å². The van der Waals surface area contributed by atoms with Crippen LogP contribution in [0.3, 0.4) is 0 Å². The zero-order chi connectivity index (χ0) is 17.9. The van der Waals surface area contributed by atoms with Crippen molar-refractivity contribution in [2.75, 3.05) is 5.32 Å². The molecule has 0 bridgehead atoms. The second-order valence-electron chi connectivity index (χ2n) is 6.42. The molecule has 2 N–H and O–H groups in total. The van der Waals surface area contributed by atoms with Gasteiger partial charge in [0.25, 0.3) is 5.91 Å². The summed E-state index contributed by atoms with van der Waals surface area (Å²) in [5, 5.41) is 9.72. The van der Waals surface area contributed by atoms with E-state index in [0.717, 1.165) is 24.3 Å². The zero-order valence-electron chi connectivity index (χ0n) is 14.2. The van der Waals surface area contributed by atoms with E-state index >= 15 is 0 Å². The summed E-state index contributed by atoms with van der Waals surface area (Å²) < 4.78 is 14.4. The molecule has 26 heavy (non-hydrogen) atoms. The maximum atomic E-state index is 14.4. The summed E-state index contributed by atoms with van der Waals surface area (Å²) in [4.78, 5) is 14.5. The highest BCUT2D eigenvalue weighted by Crippen LogP contribution is 2.29. The lowest BCUT2D eigenvalue weighted by Crippen LogP contribution is -2.20. The van der Waals surface area contributed by atoms with Gasteiger partial charge < -0.3 is 5.32 Å². The first kappa shape index (κ1) is 16.5. The van der Waals surface area contributed by atoms with E-state index in [1.165, 1.54) is 5.56 Å². The van der Waals surface area contributed by atoms with Crippen LogP contribution in [0.2, 0.25) is 0 Å². The first-order chi connectivity index (χ1) is 12.7. The van der Waals surface area contributed by atoms with Crippen LogP contribution in [-0.2, 0) is 24.4 Å². The van der Waals surface area contributed by atoms with Gasteiger partial charge in [-0.05, 0) is 11.1 Å². The lowest BCUT2D eigenvalue weighted by Gasteiger charge is -2.15.